The van der Waals surface area contributed by atoms with Gasteiger partial charge in [-0.3, -0.25) is 29.0 Å². The van der Waals surface area contributed by atoms with E-state index in [1.165, 1.54) is 9.80 Å². The van der Waals surface area contributed by atoms with E-state index >= 15 is 0 Å². The summed E-state index contributed by atoms with van der Waals surface area (Å²) in [5.74, 6) is -0.909. The first kappa shape index (κ1) is 31.3. The van der Waals surface area contributed by atoms with Gasteiger partial charge in [-0.15, -0.1) is 0 Å². The maximum absolute atomic E-state index is 14.5. The first-order valence-electron chi connectivity index (χ1n) is 18.8. The van der Waals surface area contributed by atoms with Crippen LogP contribution in [0.2, 0.25) is 0 Å². The predicted molar refractivity (Wildman–Crippen MR) is 200 cm³/mol. The number of amides is 4. The highest BCUT2D eigenvalue weighted by Gasteiger charge is 2.41. The molecule has 4 aliphatic heterocycles. The lowest BCUT2D eigenvalue weighted by molar-refractivity contribution is 0.0528. The summed E-state index contributed by atoms with van der Waals surface area (Å²) in [6.45, 7) is 11.6. The fraction of sp³-hybridized carbons (Fsp3) is 0.429. The Labute approximate surface area is 292 Å². The molecule has 0 aromatic heterocycles. The van der Waals surface area contributed by atoms with Crippen LogP contribution in [-0.4, -0.2) is 71.7 Å². The summed E-state index contributed by atoms with van der Waals surface area (Å²) in [5, 5.41) is 7.28. The molecule has 0 N–H and O–H groups in total. The number of carbonyl (C=O) groups excluding carboxylic acids is 4. The molecule has 2 unspecified atom stereocenters. The lowest BCUT2D eigenvalue weighted by atomic mass is 9.80. The molecule has 9 rings (SSSR count). The number of hydrogen-bond donors (Lipinski definition) is 0. The Morgan fingerprint density at radius 3 is 1.22 bits per heavy atom. The monoisotopic (exact) mass is 668 g/mol. The van der Waals surface area contributed by atoms with E-state index in [1.54, 1.807) is 0 Å². The van der Waals surface area contributed by atoms with Crippen LogP contribution in [0.25, 0.3) is 43.1 Å². The first-order chi connectivity index (χ1) is 24.3. The minimum Gasteiger partial charge on any atom is -0.371 e. The maximum atomic E-state index is 14.5. The molecule has 2 atom stereocenters. The molecule has 2 saturated heterocycles. The molecule has 0 saturated carbocycles. The second-order valence-corrected chi connectivity index (χ2v) is 15.1. The molecule has 0 spiro atoms. The van der Waals surface area contributed by atoms with Crippen LogP contribution < -0.4 is 9.80 Å². The van der Waals surface area contributed by atoms with Crippen LogP contribution in [0.1, 0.15) is 120 Å². The van der Waals surface area contributed by atoms with Crippen LogP contribution in [0.3, 0.4) is 0 Å². The Hall–Kier alpha value is -4.72. The maximum Gasteiger partial charge on any atom is 0.261 e. The molecular weight excluding hydrogens is 624 g/mol. The number of nitrogens with zero attached hydrogens (tertiary/aromatic N) is 4. The summed E-state index contributed by atoms with van der Waals surface area (Å²) in [6, 6.07) is 11.6. The van der Waals surface area contributed by atoms with Crippen LogP contribution >= 0.6 is 0 Å². The van der Waals surface area contributed by atoms with E-state index < -0.39 is 0 Å². The highest BCUT2D eigenvalue weighted by Crippen LogP contribution is 2.52. The fourth-order valence-electron chi connectivity index (χ4n) is 9.77. The number of anilines is 2. The summed E-state index contributed by atoms with van der Waals surface area (Å²) in [7, 11) is 0. The Kier molecular flexibility index (Phi) is 7.13. The molecule has 8 heteroatoms. The van der Waals surface area contributed by atoms with E-state index in [9.17, 15) is 19.2 Å². The van der Waals surface area contributed by atoms with Crippen molar-refractivity contribution in [1.29, 1.82) is 0 Å². The lowest BCUT2D eigenvalue weighted by Crippen LogP contribution is -2.46. The van der Waals surface area contributed by atoms with Crippen molar-refractivity contribution in [1.82, 2.24) is 9.80 Å². The number of carbonyl (C=O) groups is 4. The zero-order valence-corrected chi connectivity index (χ0v) is 29.5. The molecule has 4 amide bonds. The Bertz CT molecular complexity index is 2140. The summed E-state index contributed by atoms with van der Waals surface area (Å²) >= 11 is 0. The highest BCUT2D eigenvalue weighted by molar-refractivity contribution is 6.44. The van der Waals surface area contributed by atoms with Crippen LogP contribution in [0.5, 0.6) is 0 Å². The normalized spacial score (nSPS) is 19.1. The molecule has 0 aliphatic carbocycles. The summed E-state index contributed by atoms with van der Waals surface area (Å²) in [4.78, 5) is 65.2. The van der Waals surface area contributed by atoms with Gasteiger partial charge in [-0.05, 0) is 87.4 Å². The minimum absolute atomic E-state index is 0.209. The second-order valence-electron chi connectivity index (χ2n) is 15.1. The van der Waals surface area contributed by atoms with E-state index in [1.807, 2.05) is 38.1 Å². The van der Waals surface area contributed by atoms with Crippen molar-refractivity contribution in [2.24, 2.45) is 0 Å². The van der Waals surface area contributed by atoms with Gasteiger partial charge in [0.05, 0.1) is 11.1 Å². The summed E-state index contributed by atoms with van der Waals surface area (Å²) < 4.78 is 0. The zero-order valence-electron chi connectivity index (χ0n) is 29.5. The van der Waals surface area contributed by atoms with Crippen molar-refractivity contribution in [2.75, 3.05) is 36.0 Å². The molecule has 8 nitrogen and oxygen atoms in total. The zero-order chi connectivity index (χ0) is 34.6. The SMILES string of the molecule is CCCC(C)N1C(=O)c2ccc3c4c(N5CCCC5)cc5c6c(ccc(c7c(N8CCCC8)cc(c2c37)C1=O)c64)C(=O)N(C(C)CCC)C5=O. The van der Waals surface area contributed by atoms with Gasteiger partial charge in [0.1, 0.15) is 0 Å². The van der Waals surface area contributed by atoms with Crippen molar-refractivity contribution in [3.05, 3.63) is 58.7 Å². The van der Waals surface area contributed by atoms with E-state index in [0.29, 0.717) is 22.3 Å². The van der Waals surface area contributed by atoms with Gasteiger partial charge in [-0.1, -0.05) is 38.8 Å². The van der Waals surface area contributed by atoms with Gasteiger partial charge in [-0.2, -0.15) is 0 Å². The smallest absolute Gasteiger partial charge is 0.261 e. The molecule has 256 valence electrons. The predicted octanol–water partition coefficient (Wildman–Crippen LogP) is 8.51. The van der Waals surface area contributed by atoms with Gasteiger partial charge >= 0.3 is 0 Å². The molecule has 4 aliphatic rings. The van der Waals surface area contributed by atoms with Crippen LogP contribution in [0, 0.1) is 0 Å². The molecule has 5 aromatic rings. The molecule has 0 radical (unpaired) electrons. The van der Waals surface area contributed by atoms with Gasteiger partial charge in [0.15, 0.2) is 0 Å². The van der Waals surface area contributed by atoms with Gasteiger partial charge in [0, 0.05) is 93.1 Å². The van der Waals surface area contributed by atoms with Crippen molar-refractivity contribution in [3.63, 3.8) is 0 Å². The van der Waals surface area contributed by atoms with Crippen LogP contribution in [0.4, 0.5) is 11.4 Å². The van der Waals surface area contributed by atoms with Crippen LogP contribution in [0.15, 0.2) is 36.4 Å². The van der Waals surface area contributed by atoms with E-state index in [4.69, 9.17) is 0 Å². The van der Waals surface area contributed by atoms with E-state index in [0.717, 1.165) is 132 Å². The van der Waals surface area contributed by atoms with Crippen molar-refractivity contribution >= 4 is 78.1 Å². The highest BCUT2D eigenvalue weighted by atomic mass is 16.2. The summed E-state index contributed by atoms with van der Waals surface area (Å²) in [6.07, 6.45) is 7.50. The quantitative estimate of drug-likeness (QED) is 0.0937. The average Bonchev–Trinajstić information content (AvgIpc) is 3.85. The number of fused-ring (bicyclic) bond motifs is 2. The standard InChI is InChI=1S/C42H44N4O4/c1-5-11-23(3)45-39(47)27-15-13-25-36-32(44-19-9-10-20-44)22-30-34-28(40(48)46(42(30)50)24(4)12-6-2)16-14-26(38(34)36)35-31(43-17-7-8-18-43)21-29(41(45)49)33(27)37(25)35/h13-16,21-24H,5-12,17-20H2,1-4H3. The Balaban J connectivity index is 1.45. The summed E-state index contributed by atoms with van der Waals surface area (Å²) in [5.41, 5.74) is 4.31. The number of benzene rings is 5. The van der Waals surface area contributed by atoms with Crippen molar-refractivity contribution in [3.8, 4) is 0 Å². The number of rotatable bonds is 8. The van der Waals surface area contributed by atoms with Crippen molar-refractivity contribution in [2.45, 2.75) is 91.1 Å². The average molecular weight is 669 g/mol. The lowest BCUT2D eigenvalue weighted by Gasteiger charge is -2.36. The molecule has 2 fully saturated rings. The van der Waals surface area contributed by atoms with E-state index in [2.05, 4.69) is 35.8 Å². The third-order valence-corrected chi connectivity index (χ3v) is 12.0. The number of imide groups is 2. The van der Waals surface area contributed by atoms with Crippen molar-refractivity contribution < 1.29 is 19.2 Å². The second kappa shape index (κ2) is 11.4. The molecule has 4 heterocycles. The fourth-order valence-corrected chi connectivity index (χ4v) is 9.77. The third-order valence-electron chi connectivity index (χ3n) is 12.0. The number of hydrogen-bond acceptors (Lipinski definition) is 6. The first-order valence-corrected chi connectivity index (χ1v) is 18.8. The van der Waals surface area contributed by atoms with E-state index in [-0.39, 0.29) is 35.7 Å². The minimum atomic E-state index is -0.233. The van der Waals surface area contributed by atoms with Gasteiger partial charge in [0.2, 0.25) is 0 Å². The van der Waals surface area contributed by atoms with Gasteiger partial charge < -0.3 is 9.80 Å². The Morgan fingerprint density at radius 1 is 0.500 bits per heavy atom. The van der Waals surface area contributed by atoms with Gasteiger partial charge in [0.25, 0.3) is 23.6 Å². The topological polar surface area (TPSA) is 81.2 Å². The largest absolute Gasteiger partial charge is 0.371 e. The molecular formula is C42H44N4O4. The Morgan fingerprint density at radius 2 is 0.860 bits per heavy atom. The third kappa shape index (κ3) is 4.11. The van der Waals surface area contributed by atoms with Gasteiger partial charge in [-0.25, -0.2) is 0 Å². The molecule has 0 bridgehead atoms. The molecule has 50 heavy (non-hydrogen) atoms. The van der Waals surface area contributed by atoms with Crippen LogP contribution in [-0.2, 0) is 0 Å². The molecule has 5 aromatic carbocycles.